The molecule has 16 nitrogen and oxygen atoms in total. The lowest BCUT2D eigenvalue weighted by atomic mass is 10.2. The Balaban J connectivity index is 0.000000177. The van der Waals surface area contributed by atoms with Crippen molar-refractivity contribution >= 4 is 45.3 Å². The van der Waals surface area contributed by atoms with Crippen molar-refractivity contribution in [3.8, 4) is 23.5 Å². The fourth-order valence-corrected chi connectivity index (χ4v) is 6.08. The number of fused-ring (bicyclic) bond motifs is 2. The van der Waals surface area contributed by atoms with Gasteiger partial charge in [-0.25, -0.2) is 47.5 Å². The maximum atomic E-state index is 13.9. The molecule has 0 amide bonds. The predicted molar refractivity (Wildman–Crippen MR) is 204 cm³/mol. The summed E-state index contributed by atoms with van der Waals surface area (Å²) in [7, 11) is 0. The van der Waals surface area contributed by atoms with Gasteiger partial charge < -0.3 is 22.1 Å². The lowest BCUT2D eigenvalue weighted by molar-refractivity contribution is 0.618. The van der Waals surface area contributed by atoms with E-state index in [1.807, 2.05) is 12.1 Å². The van der Waals surface area contributed by atoms with Gasteiger partial charge in [0.15, 0.2) is 0 Å². The third-order valence-electron chi connectivity index (χ3n) is 8.64. The molecule has 288 valence electrons. The zero-order chi connectivity index (χ0) is 41.1. The molecule has 8 rings (SSSR count). The van der Waals surface area contributed by atoms with Crippen molar-refractivity contribution in [3.63, 3.8) is 0 Å². The number of benzene rings is 2. The van der Waals surface area contributed by atoms with E-state index in [9.17, 15) is 28.1 Å². The van der Waals surface area contributed by atoms with Gasteiger partial charge in [0.2, 0.25) is 0 Å². The molecule has 6 aromatic heterocycles. The molecular weight excluding hydrogens is 757 g/mol. The number of nitrogens with one attached hydrogen (secondary N) is 2. The van der Waals surface area contributed by atoms with E-state index in [4.69, 9.17) is 11.5 Å². The van der Waals surface area contributed by atoms with Gasteiger partial charge in [0.1, 0.15) is 94.1 Å². The summed E-state index contributed by atoms with van der Waals surface area (Å²) < 4.78 is 58.6. The second-order valence-corrected chi connectivity index (χ2v) is 12.5. The number of nitrogens with two attached hydrogens (primary N) is 2. The summed E-state index contributed by atoms with van der Waals surface area (Å²) >= 11 is 0. The summed E-state index contributed by atoms with van der Waals surface area (Å²) in [6, 6.07) is 13.7. The van der Waals surface area contributed by atoms with Gasteiger partial charge in [0.25, 0.3) is 0 Å². The average Bonchev–Trinajstić information content (AvgIpc) is 3.77. The largest absolute Gasteiger partial charge is 0.382 e. The Morgan fingerprint density at radius 1 is 0.586 bits per heavy atom. The van der Waals surface area contributed by atoms with Crippen LogP contribution in [0.1, 0.15) is 48.7 Å². The van der Waals surface area contributed by atoms with Crippen LogP contribution in [0.3, 0.4) is 0 Å². The number of aromatic nitrogens is 10. The monoisotopic (exact) mass is 784 g/mol. The van der Waals surface area contributed by atoms with Crippen molar-refractivity contribution in [1.29, 1.82) is 10.5 Å². The van der Waals surface area contributed by atoms with Gasteiger partial charge in [-0.05, 0) is 38.1 Å². The van der Waals surface area contributed by atoms with Crippen molar-refractivity contribution < 1.29 is 17.6 Å². The van der Waals surface area contributed by atoms with Crippen molar-refractivity contribution in [2.45, 2.75) is 25.9 Å². The molecule has 6 N–H and O–H groups in total. The Bertz CT molecular complexity index is 2720. The van der Waals surface area contributed by atoms with E-state index in [2.05, 4.69) is 50.5 Å². The molecule has 0 radical (unpaired) electrons. The number of hydrogen-bond acceptors (Lipinski definition) is 14. The first-order valence-corrected chi connectivity index (χ1v) is 17.1. The Labute approximate surface area is 325 Å². The van der Waals surface area contributed by atoms with Crippen LogP contribution in [0, 0.1) is 45.9 Å². The molecule has 0 saturated carbocycles. The number of imidazole rings is 2. The zero-order valence-corrected chi connectivity index (χ0v) is 30.3. The van der Waals surface area contributed by atoms with Gasteiger partial charge in [-0.1, -0.05) is 0 Å². The summed E-state index contributed by atoms with van der Waals surface area (Å²) in [6.45, 7) is 3.56. The number of anilines is 4. The molecule has 2 aromatic carbocycles. The highest BCUT2D eigenvalue weighted by atomic mass is 19.1. The Morgan fingerprint density at radius 3 is 1.38 bits per heavy atom. The third-order valence-corrected chi connectivity index (χ3v) is 8.64. The number of halogens is 4. The Kier molecular flexibility index (Phi) is 10.4. The molecule has 0 bridgehead atoms. The zero-order valence-electron chi connectivity index (χ0n) is 30.3. The van der Waals surface area contributed by atoms with Crippen molar-refractivity contribution in [2.75, 3.05) is 22.1 Å². The number of hydrogen-bond donors (Lipinski definition) is 4. The number of nitrogen functional groups attached to an aromatic ring is 2. The van der Waals surface area contributed by atoms with Crippen LogP contribution < -0.4 is 22.1 Å². The van der Waals surface area contributed by atoms with E-state index in [-0.39, 0.29) is 34.4 Å². The van der Waals surface area contributed by atoms with E-state index in [0.29, 0.717) is 45.1 Å². The van der Waals surface area contributed by atoms with Crippen molar-refractivity contribution in [1.82, 2.24) is 49.0 Å². The van der Waals surface area contributed by atoms with Crippen LogP contribution in [0.2, 0.25) is 0 Å². The molecule has 58 heavy (non-hydrogen) atoms. The van der Waals surface area contributed by atoms with Gasteiger partial charge >= 0.3 is 0 Å². The standard InChI is InChI=1S/2C19H14F2N8/c2*1-10(27-18-14(6-22)17(23)25-9-26-18)19-28-15-3-2-11(20)5-16(15)29(19)13-4-12(21)7-24-8-13/h2*2-5,7-10H,1H3,(H3,23,25,26,27)/t2*10-/m10/s1. The number of pyridine rings is 2. The van der Waals surface area contributed by atoms with E-state index >= 15 is 0 Å². The van der Waals surface area contributed by atoms with Crippen LogP contribution in [-0.2, 0) is 0 Å². The summed E-state index contributed by atoms with van der Waals surface area (Å²) in [5.41, 5.74) is 14.4. The first kappa shape index (κ1) is 38.0. The maximum absolute atomic E-state index is 13.9. The molecule has 0 aliphatic carbocycles. The molecule has 0 fully saturated rings. The molecule has 0 unspecified atom stereocenters. The van der Waals surface area contributed by atoms with Gasteiger partial charge in [-0.2, -0.15) is 10.5 Å². The first-order valence-electron chi connectivity index (χ1n) is 17.1. The van der Waals surface area contributed by atoms with Crippen LogP contribution >= 0.6 is 0 Å². The minimum Gasteiger partial charge on any atom is -0.382 e. The maximum Gasteiger partial charge on any atom is 0.150 e. The van der Waals surface area contributed by atoms with Gasteiger partial charge in [-0.15, -0.1) is 0 Å². The highest BCUT2D eigenvalue weighted by Gasteiger charge is 2.23. The molecule has 0 saturated heterocycles. The van der Waals surface area contributed by atoms with E-state index in [1.54, 1.807) is 23.0 Å². The van der Waals surface area contributed by atoms with Crippen LogP contribution in [0.5, 0.6) is 0 Å². The Morgan fingerprint density at radius 2 is 1.00 bits per heavy atom. The van der Waals surface area contributed by atoms with E-state index in [0.717, 1.165) is 12.4 Å². The lowest BCUT2D eigenvalue weighted by Gasteiger charge is -2.17. The molecular formula is C38H28F4N16. The summed E-state index contributed by atoms with van der Waals surface area (Å²) in [4.78, 5) is 32.6. The third kappa shape index (κ3) is 7.52. The summed E-state index contributed by atoms with van der Waals surface area (Å²) in [5.74, 6) is -0.548. The second-order valence-electron chi connectivity index (χ2n) is 12.5. The molecule has 20 heteroatoms. The van der Waals surface area contributed by atoms with Gasteiger partial charge in [0, 0.05) is 24.3 Å². The number of nitriles is 2. The highest BCUT2D eigenvalue weighted by Crippen LogP contribution is 2.31. The fourth-order valence-electron chi connectivity index (χ4n) is 6.08. The molecule has 2 atom stereocenters. The first-order chi connectivity index (χ1) is 27.9. The smallest absolute Gasteiger partial charge is 0.150 e. The Hall–Kier alpha value is -8.26. The predicted octanol–water partition coefficient (Wildman–Crippen LogP) is 6.23. The fraction of sp³-hybridized carbons (Fsp3) is 0.105. The van der Waals surface area contributed by atoms with Crippen LogP contribution in [0.15, 0.2) is 86.0 Å². The molecule has 8 aromatic rings. The minimum absolute atomic E-state index is 0.0436. The van der Waals surface area contributed by atoms with E-state index in [1.165, 1.54) is 73.6 Å². The van der Waals surface area contributed by atoms with Crippen molar-refractivity contribution in [2.24, 2.45) is 0 Å². The number of nitrogens with zero attached hydrogens (tertiary/aromatic N) is 12. The molecule has 0 aliphatic rings. The second kappa shape index (κ2) is 15.8. The van der Waals surface area contributed by atoms with E-state index < -0.39 is 35.4 Å². The summed E-state index contributed by atoms with van der Waals surface area (Å²) in [5, 5.41) is 24.8. The van der Waals surface area contributed by atoms with Crippen molar-refractivity contribution in [3.05, 3.63) is 132 Å². The lowest BCUT2D eigenvalue weighted by Crippen LogP contribution is -2.15. The quantitative estimate of drug-likeness (QED) is 0.125. The summed E-state index contributed by atoms with van der Waals surface area (Å²) in [6.07, 6.45) is 7.53. The number of rotatable bonds is 8. The SMILES string of the molecule is C[C@@H](Nc1ncnc(N)c1C#N)c1nc2ccc(F)cc2n1-c1cncc(F)c1.C[C@H](Nc1ncnc(N)c1C#N)c1nc2ccc(F)cc2n1-c1cncc(F)c1. The highest BCUT2D eigenvalue weighted by molar-refractivity contribution is 5.80. The van der Waals surface area contributed by atoms with Gasteiger partial charge in [0.05, 0.1) is 70.3 Å². The molecule has 0 spiro atoms. The molecule has 0 aliphatic heterocycles. The van der Waals surface area contributed by atoms with Crippen LogP contribution in [0.4, 0.5) is 40.8 Å². The minimum atomic E-state index is -0.539. The average molecular weight is 785 g/mol. The topological polar surface area (TPSA) is 237 Å². The van der Waals surface area contributed by atoms with Crippen LogP contribution in [0.25, 0.3) is 33.4 Å². The van der Waals surface area contributed by atoms with Gasteiger partial charge in [-0.3, -0.25) is 19.1 Å². The normalized spacial score (nSPS) is 11.9. The molecule has 6 heterocycles. The van der Waals surface area contributed by atoms with Crippen LogP contribution in [-0.4, -0.2) is 49.0 Å².